The zero-order valence-corrected chi connectivity index (χ0v) is 23.6. The molecule has 0 amide bonds. The Balaban J connectivity index is 1.35. The van der Waals surface area contributed by atoms with E-state index in [1.807, 2.05) is 6.92 Å². The molecular weight excluding hydrogens is 432 g/mol. The first-order valence-corrected chi connectivity index (χ1v) is 14.6. The summed E-state index contributed by atoms with van der Waals surface area (Å²) in [6.45, 7) is 19.9. The molecule has 2 spiro atoms. The van der Waals surface area contributed by atoms with Crippen LogP contribution in [0.15, 0.2) is 12.2 Å². The van der Waals surface area contributed by atoms with E-state index in [-0.39, 0.29) is 17.5 Å². The summed E-state index contributed by atoms with van der Waals surface area (Å²) in [6, 6.07) is 0. The first-order chi connectivity index (χ1) is 16.3. The molecule has 5 rings (SSSR count). The molecule has 0 heterocycles. The van der Waals surface area contributed by atoms with E-state index in [0.29, 0.717) is 39.3 Å². The SMILES string of the molecule is C=C(C)[C@@H](CC[C@@H](C)[C@H]1CC[C@@]2(C)[C@@H]3CC[C@H]4C(C)(C)C(=O)CC[C@@]45C[C@@]35CC[C@]12C)OC(C)=O. The van der Waals surface area contributed by atoms with Crippen molar-refractivity contribution < 1.29 is 14.3 Å². The van der Waals surface area contributed by atoms with E-state index in [2.05, 4.69) is 41.2 Å². The van der Waals surface area contributed by atoms with Gasteiger partial charge < -0.3 is 4.74 Å². The lowest BCUT2D eigenvalue weighted by atomic mass is 9.42. The predicted octanol–water partition coefficient (Wildman–Crippen LogP) is 7.92. The van der Waals surface area contributed by atoms with E-state index in [1.54, 1.807) is 0 Å². The van der Waals surface area contributed by atoms with Crippen LogP contribution < -0.4 is 0 Å². The highest BCUT2D eigenvalue weighted by atomic mass is 16.5. The van der Waals surface area contributed by atoms with Gasteiger partial charge in [0, 0.05) is 18.8 Å². The second-order valence-electron chi connectivity index (χ2n) is 14.8. The molecule has 0 N–H and O–H groups in total. The molecule has 5 aliphatic carbocycles. The Kier molecular flexibility index (Phi) is 5.79. The molecule has 35 heavy (non-hydrogen) atoms. The Hall–Kier alpha value is -1.12. The minimum absolute atomic E-state index is 0.122. The second-order valence-corrected chi connectivity index (χ2v) is 14.8. The van der Waals surface area contributed by atoms with Crippen LogP contribution in [0.5, 0.6) is 0 Å². The Morgan fingerprint density at radius 2 is 1.60 bits per heavy atom. The van der Waals surface area contributed by atoms with E-state index in [1.165, 1.54) is 58.3 Å². The Labute approximate surface area is 214 Å². The normalized spacial score (nSPS) is 46.9. The van der Waals surface area contributed by atoms with Gasteiger partial charge in [-0.25, -0.2) is 0 Å². The van der Waals surface area contributed by atoms with Crippen LogP contribution in [-0.2, 0) is 14.3 Å². The second kappa shape index (κ2) is 7.94. The van der Waals surface area contributed by atoms with Crippen molar-refractivity contribution >= 4 is 11.8 Å². The largest absolute Gasteiger partial charge is 0.458 e. The number of carbonyl (C=O) groups is 2. The Morgan fingerprint density at radius 3 is 2.26 bits per heavy atom. The van der Waals surface area contributed by atoms with Gasteiger partial charge in [0.15, 0.2) is 0 Å². The molecule has 0 aliphatic heterocycles. The van der Waals surface area contributed by atoms with Crippen molar-refractivity contribution in [1.29, 1.82) is 0 Å². The van der Waals surface area contributed by atoms with Gasteiger partial charge in [0.05, 0.1) is 0 Å². The highest BCUT2D eigenvalue weighted by Crippen LogP contribution is 2.88. The van der Waals surface area contributed by atoms with E-state index >= 15 is 0 Å². The van der Waals surface area contributed by atoms with E-state index in [0.717, 1.165) is 36.7 Å². The van der Waals surface area contributed by atoms with Gasteiger partial charge in [-0.1, -0.05) is 41.2 Å². The van der Waals surface area contributed by atoms with Crippen LogP contribution in [0.3, 0.4) is 0 Å². The average molecular weight is 483 g/mol. The molecule has 3 nitrogen and oxygen atoms in total. The Bertz CT molecular complexity index is 933. The summed E-state index contributed by atoms with van der Waals surface area (Å²) in [6.07, 6.45) is 13.3. The molecule has 0 unspecified atom stereocenters. The predicted molar refractivity (Wildman–Crippen MR) is 141 cm³/mol. The van der Waals surface area contributed by atoms with Gasteiger partial charge in [-0.05, 0) is 122 Å². The number of ether oxygens (including phenoxy) is 1. The lowest BCUT2D eigenvalue weighted by molar-refractivity contribution is -0.157. The molecule has 5 aliphatic rings. The van der Waals surface area contributed by atoms with Crippen LogP contribution in [0, 0.1) is 50.7 Å². The van der Waals surface area contributed by atoms with Gasteiger partial charge in [0.25, 0.3) is 0 Å². The van der Waals surface area contributed by atoms with Crippen molar-refractivity contribution in [2.75, 3.05) is 0 Å². The van der Waals surface area contributed by atoms with Gasteiger partial charge >= 0.3 is 5.97 Å². The molecule has 196 valence electrons. The average Bonchev–Trinajstić information content (AvgIpc) is 3.36. The third-order valence-corrected chi connectivity index (χ3v) is 13.3. The number of rotatable bonds is 6. The van der Waals surface area contributed by atoms with Crippen LogP contribution in [0.2, 0.25) is 0 Å². The lowest BCUT2D eigenvalue weighted by Gasteiger charge is -2.62. The minimum atomic E-state index is -0.204. The third-order valence-electron chi connectivity index (χ3n) is 13.3. The molecule has 0 aromatic heterocycles. The summed E-state index contributed by atoms with van der Waals surface area (Å²) >= 11 is 0. The van der Waals surface area contributed by atoms with E-state index in [9.17, 15) is 9.59 Å². The fraction of sp³-hybridized carbons (Fsp3) is 0.875. The third kappa shape index (κ3) is 3.27. The number of hydrogen-bond donors (Lipinski definition) is 0. The number of Topliss-reactive ketones (excluding diaryl/α,β-unsaturated/α-hetero) is 1. The van der Waals surface area contributed by atoms with Crippen LogP contribution in [0.4, 0.5) is 0 Å². The van der Waals surface area contributed by atoms with Gasteiger partial charge in [-0.2, -0.15) is 0 Å². The summed E-state index contributed by atoms with van der Waals surface area (Å²) in [7, 11) is 0. The maximum Gasteiger partial charge on any atom is 0.303 e. The van der Waals surface area contributed by atoms with Crippen molar-refractivity contribution in [2.24, 2.45) is 50.7 Å². The minimum Gasteiger partial charge on any atom is -0.458 e. The van der Waals surface area contributed by atoms with E-state index < -0.39 is 0 Å². The smallest absolute Gasteiger partial charge is 0.303 e. The standard InChI is InChI=1S/C32H50O3/c1-20(2)24(35-22(4)33)10-9-21(3)23-13-15-30(8)26-12-11-25-28(5,6)27(34)14-16-31(25)19-32(26,31)18-17-29(23,30)7/h21,23-26H,1,9-19H2,2-8H3/t21-,23-,24-,25+,26+,29-,30+,31-,32+/m1/s1. The Morgan fingerprint density at radius 1 is 0.943 bits per heavy atom. The molecule has 0 bridgehead atoms. The molecule has 0 saturated heterocycles. The molecule has 9 atom stereocenters. The van der Waals surface area contributed by atoms with Crippen LogP contribution in [0.1, 0.15) is 119 Å². The molecule has 3 heteroatoms. The number of hydrogen-bond acceptors (Lipinski definition) is 3. The van der Waals surface area contributed by atoms with Gasteiger partial charge in [0.1, 0.15) is 11.9 Å². The molecule has 5 fully saturated rings. The number of fused-ring (bicyclic) bond motifs is 2. The fourth-order valence-corrected chi connectivity index (χ4v) is 11.3. The fourth-order valence-electron chi connectivity index (χ4n) is 11.3. The summed E-state index contributed by atoms with van der Waals surface area (Å²) in [4.78, 5) is 24.5. The van der Waals surface area contributed by atoms with Crippen LogP contribution in [0.25, 0.3) is 0 Å². The van der Waals surface area contributed by atoms with Gasteiger partial charge in [-0.3, -0.25) is 9.59 Å². The summed E-state index contributed by atoms with van der Waals surface area (Å²) in [5, 5.41) is 0. The van der Waals surface area contributed by atoms with Crippen molar-refractivity contribution in [3.63, 3.8) is 0 Å². The molecular formula is C32H50O3. The summed E-state index contributed by atoms with van der Waals surface area (Å²) in [5.74, 6) is 3.13. The monoisotopic (exact) mass is 482 g/mol. The van der Waals surface area contributed by atoms with Crippen molar-refractivity contribution in [3.8, 4) is 0 Å². The van der Waals surface area contributed by atoms with Gasteiger partial charge in [-0.15, -0.1) is 0 Å². The quantitative estimate of drug-likeness (QED) is 0.285. The van der Waals surface area contributed by atoms with Gasteiger partial charge in [0.2, 0.25) is 0 Å². The van der Waals surface area contributed by atoms with Crippen LogP contribution in [-0.4, -0.2) is 17.9 Å². The summed E-state index contributed by atoms with van der Waals surface area (Å²) in [5.41, 5.74) is 2.61. The van der Waals surface area contributed by atoms with Crippen molar-refractivity contribution in [1.82, 2.24) is 0 Å². The zero-order chi connectivity index (χ0) is 25.6. The van der Waals surface area contributed by atoms with Crippen molar-refractivity contribution in [3.05, 3.63) is 12.2 Å². The molecule has 0 radical (unpaired) electrons. The number of ketones is 1. The maximum absolute atomic E-state index is 12.9. The van der Waals surface area contributed by atoms with E-state index in [4.69, 9.17) is 4.74 Å². The first-order valence-electron chi connectivity index (χ1n) is 14.6. The number of esters is 1. The maximum atomic E-state index is 12.9. The zero-order valence-electron chi connectivity index (χ0n) is 23.6. The topological polar surface area (TPSA) is 43.4 Å². The number of carbonyl (C=O) groups excluding carboxylic acids is 2. The summed E-state index contributed by atoms with van der Waals surface area (Å²) < 4.78 is 5.58. The van der Waals surface area contributed by atoms with Crippen LogP contribution >= 0.6 is 0 Å². The lowest BCUT2D eigenvalue weighted by Crippen LogP contribution is -2.57. The molecule has 5 saturated carbocycles. The highest BCUT2D eigenvalue weighted by Gasteiger charge is 2.82. The first kappa shape index (κ1) is 25.5. The van der Waals surface area contributed by atoms with Crippen molar-refractivity contribution in [2.45, 2.75) is 125 Å². The highest BCUT2D eigenvalue weighted by molar-refractivity contribution is 5.86. The molecule has 0 aromatic carbocycles. The molecule has 0 aromatic rings.